The molecule has 2 aliphatic rings. The minimum absolute atomic E-state index is 0.000891. The Kier molecular flexibility index (Phi) is 2.60. The zero-order valence-corrected chi connectivity index (χ0v) is 10.9. The number of halogens is 2. The van der Waals surface area contributed by atoms with Crippen LogP contribution in [0.25, 0.3) is 5.57 Å². The summed E-state index contributed by atoms with van der Waals surface area (Å²) in [7, 11) is 0. The predicted octanol–water partition coefficient (Wildman–Crippen LogP) is 4.45. The minimum atomic E-state index is -2.90. The second-order valence-electron chi connectivity index (χ2n) is 5.14. The fourth-order valence-corrected chi connectivity index (χ4v) is 2.70. The molecule has 0 saturated carbocycles. The van der Waals surface area contributed by atoms with E-state index in [0.29, 0.717) is 17.6 Å². The summed E-state index contributed by atoms with van der Waals surface area (Å²) in [4.78, 5) is 0. The Bertz CT molecular complexity index is 666. The average Bonchev–Trinajstić information content (AvgIpc) is 2.50. The first-order chi connectivity index (χ1) is 9.00. The number of benzene rings is 1. The van der Waals surface area contributed by atoms with Crippen LogP contribution in [0, 0.1) is 24.7 Å². The number of hydrogen-bond acceptors (Lipinski definition) is 0. The lowest BCUT2D eigenvalue weighted by Gasteiger charge is -2.13. The van der Waals surface area contributed by atoms with Crippen molar-refractivity contribution in [2.75, 3.05) is 0 Å². The summed E-state index contributed by atoms with van der Waals surface area (Å²) >= 11 is 0. The standard InChI is InChI=1S/C17H14F2/c1-11-5-3-4-6-15-13(9-11)14-10-12(2)7-8-16(14)17(15,18)19/h6-11H,4H2,1-2H3/b13-9-,15-6+. The van der Waals surface area contributed by atoms with E-state index in [1.165, 1.54) is 0 Å². The van der Waals surface area contributed by atoms with E-state index in [9.17, 15) is 8.78 Å². The second kappa shape index (κ2) is 4.06. The molecule has 0 bridgehead atoms. The van der Waals surface area contributed by atoms with E-state index in [2.05, 4.69) is 11.8 Å². The summed E-state index contributed by atoms with van der Waals surface area (Å²) in [5.41, 5.74) is 2.55. The molecule has 0 aromatic heterocycles. The molecule has 3 rings (SSSR count). The molecule has 0 nitrogen and oxygen atoms in total. The van der Waals surface area contributed by atoms with Crippen molar-refractivity contribution >= 4 is 5.57 Å². The van der Waals surface area contributed by atoms with Crippen LogP contribution in [0.15, 0.2) is 35.9 Å². The topological polar surface area (TPSA) is 0 Å². The number of aryl methyl sites for hydroxylation is 1. The molecule has 0 saturated heterocycles. The zero-order valence-electron chi connectivity index (χ0n) is 10.9. The van der Waals surface area contributed by atoms with Crippen LogP contribution in [-0.4, -0.2) is 0 Å². The maximum Gasteiger partial charge on any atom is 0.299 e. The van der Waals surface area contributed by atoms with Crippen LogP contribution < -0.4 is 0 Å². The summed E-state index contributed by atoms with van der Waals surface area (Å²) < 4.78 is 29.0. The second-order valence-corrected chi connectivity index (χ2v) is 5.14. The molecule has 2 heteroatoms. The Balaban J connectivity index is 2.30. The van der Waals surface area contributed by atoms with E-state index in [0.717, 1.165) is 5.56 Å². The van der Waals surface area contributed by atoms with Crippen LogP contribution in [0.5, 0.6) is 0 Å². The molecule has 0 amide bonds. The van der Waals surface area contributed by atoms with Gasteiger partial charge in [0, 0.05) is 23.5 Å². The number of fused-ring (bicyclic) bond motifs is 3. The van der Waals surface area contributed by atoms with Crippen molar-refractivity contribution in [3.05, 3.63) is 52.6 Å². The predicted molar refractivity (Wildman–Crippen MR) is 72.7 cm³/mol. The van der Waals surface area contributed by atoms with Gasteiger partial charge in [-0.25, -0.2) is 0 Å². The summed E-state index contributed by atoms with van der Waals surface area (Å²) in [6.07, 6.45) is 3.82. The molecule has 0 fully saturated rings. The molecule has 0 aliphatic heterocycles. The third-order valence-electron chi connectivity index (χ3n) is 3.59. The van der Waals surface area contributed by atoms with Gasteiger partial charge >= 0.3 is 0 Å². The Morgan fingerprint density at radius 1 is 1.32 bits per heavy atom. The van der Waals surface area contributed by atoms with Crippen LogP contribution in [0.4, 0.5) is 8.78 Å². The molecule has 0 N–H and O–H groups in total. The highest BCUT2D eigenvalue weighted by molar-refractivity contribution is 5.89. The highest BCUT2D eigenvalue weighted by atomic mass is 19.3. The normalized spacial score (nSPS) is 28.5. The molecule has 1 atom stereocenters. The molecule has 0 heterocycles. The smallest absolute Gasteiger partial charge is 0.196 e. The fraction of sp³-hybridized carbons (Fsp3) is 0.294. The van der Waals surface area contributed by atoms with Crippen molar-refractivity contribution < 1.29 is 8.78 Å². The van der Waals surface area contributed by atoms with Crippen LogP contribution in [0.1, 0.15) is 30.0 Å². The lowest BCUT2D eigenvalue weighted by Crippen LogP contribution is -2.11. The van der Waals surface area contributed by atoms with Gasteiger partial charge in [0.05, 0.1) is 0 Å². The summed E-state index contributed by atoms with van der Waals surface area (Å²) in [5.74, 6) is 3.08. The van der Waals surface area contributed by atoms with Gasteiger partial charge in [0.2, 0.25) is 0 Å². The van der Waals surface area contributed by atoms with Gasteiger partial charge in [0.15, 0.2) is 0 Å². The summed E-state index contributed by atoms with van der Waals surface area (Å²) in [6, 6.07) is 5.13. The van der Waals surface area contributed by atoms with Crippen LogP contribution in [0.2, 0.25) is 0 Å². The minimum Gasteiger partial charge on any atom is -0.196 e. The first-order valence-corrected chi connectivity index (χ1v) is 6.40. The molecule has 96 valence electrons. The lowest BCUT2D eigenvalue weighted by molar-refractivity contribution is 0.0476. The largest absolute Gasteiger partial charge is 0.299 e. The Morgan fingerprint density at radius 3 is 2.89 bits per heavy atom. The highest BCUT2D eigenvalue weighted by Gasteiger charge is 2.46. The molecule has 1 aromatic carbocycles. The Morgan fingerprint density at radius 2 is 2.11 bits per heavy atom. The Hall–Kier alpha value is -1.88. The SMILES string of the molecule is Cc1ccc2c(c1)C1=C/C(C)C#CC/C=C\1C2(F)F. The van der Waals surface area contributed by atoms with Crippen molar-refractivity contribution in [1.29, 1.82) is 0 Å². The molecule has 2 aliphatic carbocycles. The van der Waals surface area contributed by atoms with Crippen molar-refractivity contribution in [2.24, 2.45) is 5.92 Å². The van der Waals surface area contributed by atoms with Gasteiger partial charge in [-0.05, 0) is 25.0 Å². The zero-order chi connectivity index (χ0) is 13.6. The molecule has 1 unspecified atom stereocenters. The first-order valence-electron chi connectivity index (χ1n) is 6.40. The molecular weight excluding hydrogens is 242 g/mol. The van der Waals surface area contributed by atoms with Gasteiger partial charge in [0.1, 0.15) is 0 Å². The van der Waals surface area contributed by atoms with Gasteiger partial charge in [-0.2, -0.15) is 8.78 Å². The van der Waals surface area contributed by atoms with Gasteiger partial charge in [-0.3, -0.25) is 0 Å². The quantitative estimate of drug-likeness (QED) is 0.601. The average molecular weight is 256 g/mol. The third kappa shape index (κ3) is 1.81. The van der Waals surface area contributed by atoms with Crippen LogP contribution in [-0.2, 0) is 5.92 Å². The summed E-state index contributed by atoms with van der Waals surface area (Å²) in [5, 5.41) is 0. The summed E-state index contributed by atoms with van der Waals surface area (Å²) in [6.45, 7) is 3.86. The third-order valence-corrected chi connectivity index (χ3v) is 3.59. The Labute approximate surface area is 111 Å². The number of alkyl halides is 2. The van der Waals surface area contributed by atoms with Gasteiger partial charge < -0.3 is 0 Å². The van der Waals surface area contributed by atoms with E-state index in [1.807, 2.05) is 26.0 Å². The van der Waals surface area contributed by atoms with Gasteiger partial charge in [-0.15, -0.1) is 0 Å². The molecule has 0 radical (unpaired) electrons. The van der Waals surface area contributed by atoms with E-state index >= 15 is 0 Å². The molecule has 19 heavy (non-hydrogen) atoms. The number of hydrogen-bond donors (Lipinski definition) is 0. The maximum atomic E-state index is 14.5. The van der Waals surface area contributed by atoms with Gasteiger partial charge in [0.25, 0.3) is 5.92 Å². The molecule has 1 aromatic rings. The monoisotopic (exact) mass is 256 g/mol. The highest BCUT2D eigenvalue weighted by Crippen LogP contribution is 2.52. The van der Waals surface area contributed by atoms with E-state index < -0.39 is 5.92 Å². The molecular formula is C17H14F2. The van der Waals surface area contributed by atoms with Gasteiger partial charge in [-0.1, -0.05) is 47.8 Å². The van der Waals surface area contributed by atoms with E-state index in [-0.39, 0.29) is 17.1 Å². The number of allylic oxidation sites excluding steroid dienone is 4. The maximum absolute atomic E-state index is 14.5. The van der Waals surface area contributed by atoms with Crippen LogP contribution in [0.3, 0.4) is 0 Å². The van der Waals surface area contributed by atoms with E-state index in [4.69, 9.17) is 0 Å². The molecule has 0 spiro atoms. The lowest BCUT2D eigenvalue weighted by atomic mass is 9.96. The van der Waals surface area contributed by atoms with Crippen molar-refractivity contribution in [1.82, 2.24) is 0 Å². The van der Waals surface area contributed by atoms with Crippen molar-refractivity contribution in [2.45, 2.75) is 26.2 Å². The first kappa shape index (κ1) is 12.2. The van der Waals surface area contributed by atoms with Crippen molar-refractivity contribution in [3.8, 4) is 11.8 Å². The number of rotatable bonds is 0. The van der Waals surface area contributed by atoms with Crippen molar-refractivity contribution in [3.63, 3.8) is 0 Å². The van der Waals surface area contributed by atoms with Crippen LogP contribution >= 0.6 is 0 Å². The fourth-order valence-electron chi connectivity index (χ4n) is 2.70. The van der Waals surface area contributed by atoms with E-state index in [1.54, 1.807) is 18.2 Å².